The van der Waals surface area contributed by atoms with Crippen molar-refractivity contribution in [2.24, 2.45) is 0 Å². The number of carbonyl (C=O) groups excluding carboxylic acids is 4. The zero-order valence-electron chi connectivity index (χ0n) is 16.9. The summed E-state index contributed by atoms with van der Waals surface area (Å²) in [6.45, 7) is 2.90. The number of esters is 1. The van der Waals surface area contributed by atoms with E-state index in [1.807, 2.05) is 0 Å². The molecule has 1 atom stereocenters. The highest BCUT2D eigenvalue weighted by atomic mass is 32.1. The van der Waals surface area contributed by atoms with Crippen LogP contribution >= 0.6 is 11.3 Å². The highest BCUT2D eigenvalue weighted by Gasteiger charge is 2.22. The van der Waals surface area contributed by atoms with Gasteiger partial charge in [-0.1, -0.05) is 18.2 Å². The highest BCUT2D eigenvalue weighted by Crippen LogP contribution is 2.20. The van der Waals surface area contributed by atoms with Crippen molar-refractivity contribution in [3.63, 3.8) is 0 Å². The molecule has 31 heavy (non-hydrogen) atoms. The van der Waals surface area contributed by atoms with Crippen molar-refractivity contribution in [2.75, 3.05) is 10.6 Å². The van der Waals surface area contributed by atoms with E-state index in [2.05, 4.69) is 10.6 Å². The number of nitrogens with one attached hydrogen (secondary N) is 2. The predicted octanol–water partition coefficient (Wildman–Crippen LogP) is 4.39. The number of carbonyl (C=O) groups is 4. The van der Waals surface area contributed by atoms with Crippen molar-refractivity contribution in [1.82, 2.24) is 0 Å². The van der Waals surface area contributed by atoms with Crippen LogP contribution in [-0.2, 0) is 9.53 Å². The molecule has 2 N–H and O–H groups in total. The van der Waals surface area contributed by atoms with Crippen molar-refractivity contribution in [2.45, 2.75) is 20.0 Å². The first-order chi connectivity index (χ1) is 14.8. The lowest BCUT2D eigenvalue weighted by Crippen LogP contribution is -2.30. The van der Waals surface area contributed by atoms with Crippen LogP contribution in [0.1, 0.15) is 44.2 Å². The van der Waals surface area contributed by atoms with E-state index < -0.39 is 18.0 Å². The fraction of sp³-hybridized carbons (Fsp3) is 0.130. The molecular formula is C23H20N2O5S. The maximum atomic E-state index is 12.6. The second kappa shape index (κ2) is 9.82. The van der Waals surface area contributed by atoms with Gasteiger partial charge in [0.25, 0.3) is 11.8 Å². The van der Waals surface area contributed by atoms with Crippen molar-refractivity contribution in [3.05, 3.63) is 82.0 Å². The quantitative estimate of drug-likeness (QED) is 0.423. The molecule has 2 amide bonds. The summed E-state index contributed by atoms with van der Waals surface area (Å²) < 4.78 is 5.29. The van der Waals surface area contributed by atoms with Crippen LogP contribution < -0.4 is 10.6 Å². The van der Waals surface area contributed by atoms with E-state index in [-0.39, 0.29) is 17.3 Å². The van der Waals surface area contributed by atoms with E-state index in [4.69, 9.17) is 4.74 Å². The number of para-hydroxylation sites is 1. The monoisotopic (exact) mass is 436 g/mol. The largest absolute Gasteiger partial charge is 0.449 e. The van der Waals surface area contributed by atoms with Gasteiger partial charge < -0.3 is 15.4 Å². The molecule has 0 radical (unpaired) electrons. The highest BCUT2D eigenvalue weighted by molar-refractivity contribution is 7.12. The van der Waals surface area contributed by atoms with Gasteiger partial charge in [-0.15, -0.1) is 11.3 Å². The number of hydrogen-bond acceptors (Lipinski definition) is 6. The third-order valence-corrected chi connectivity index (χ3v) is 5.22. The lowest BCUT2D eigenvalue weighted by molar-refractivity contribution is -0.123. The summed E-state index contributed by atoms with van der Waals surface area (Å²) >= 11 is 1.28. The molecule has 0 spiro atoms. The van der Waals surface area contributed by atoms with E-state index >= 15 is 0 Å². The number of ether oxygens (including phenoxy) is 1. The number of benzene rings is 2. The number of amides is 2. The molecule has 0 aliphatic carbocycles. The maximum Gasteiger partial charge on any atom is 0.341 e. The average molecular weight is 436 g/mol. The first-order valence-electron chi connectivity index (χ1n) is 9.42. The summed E-state index contributed by atoms with van der Waals surface area (Å²) in [5.41, 5.74) is 1.43. The van der Waals surface area contributed by atoms with E-state index in [1.54, 1.807) is 60.0 Å². The Morgan fingerprint density at radius 2 is 1.61 bits per heavy atom. The minimum Gasteiger partial charge on any atom is -0.449 e. The number of hydrogen-bond donors (Lipinski definition) is 2. The van der Waals surface area contributed by atoms with Crippen LogP contribution in [0.4, 0.5) is 11.4 Å². The Labute approximate surface area is 183 Å². The number of anilines is 2. The van der Waals surface area contributed by atoms with Gasteiger partial charge in [-0.3, -0.25) is 14.4 Å². The van der Waals surface area contributed by atoms with Crippen LogP contribution in [0.15, 0.2) is 66.0 Å². The summed E-state index contributed by atoms with van der Waals surface area (Å²) in [5.74, 6) is -1.68. The normalized spacial score (nSPS) is 11.3. The smallest absolute Gasteiger partial charge is 0.341 e. The number of rotatable bonds is 7. The van der Waals surface area contributed by atoms with Gasteiger partial charge in [0.15, 0.2) is 11.9 Å². The topological polar surface area (TPSA) is 102 Å². The van der Waals surface area contributed by atoms with Crippen LogP contribution in [0, 0.1) is 0 Å². The van der Waals surface area contributed by atoms with Gasteiger partial charge >= 0.3 is 5.97 Å². The molecule has 3 aromatic rings. The number of Topliss-reactive ketones (excluding diaryl/α,β-unsaturated/α-hetero) is 1. The first-order valence-corrected chi connectivity index (χ1v) is 10.3. The Kier molecular flexibility index (Phi) is 6.94. The molecular weight excluding hydrogens is 416 g/mol. The fourth-order valence-corrected chi connectivity index (χ4v) is 3.29. The molecule has 3 rings (SSSR count). The minimum atomic E-state index is -1.08. The van der Waals surface area contributed by atoms with Gasteiger partial charge in [-0.2, -0.15) is 0 Å². The third kappa shape index (κ3) is 5.64. The number of ketones is 1. The van der Waals surface area contributed by atoms with Crippen molar-refractivity contribution < 1.29 is 23.9 Å². The fourth-order valence-electron chi connectivity index (χ4n) is 2.67. The van der Waals surface area contributed by atoms with Crippen molar-refractivity contribution >= 4 is 46.3 Å². The number of thiophene rings is 1. The summed E-state index contributed by atoms with van der Waals surface area (Å²) in [6, 6.07) is 16.2. The van der Waals surface area contributed by atoms with Crippen LogP contribution in [0.3, 0.4) is 0 Å². The molecule has 0 aliphatic heterocycles. The molecule has 0 fully saturated rings. The Morgan fingerprint density at radius 1 is 0.903 bits per heavy atom. The molecule has 0 aliphatic rings. The van der Waals surface area contributed by atoms with Gasteiger partial charge in [0.05, 0.1) is 16.1 Å². The van der Waals surface area contributed by atoms with Gasteiger partial charge in [-0.05, 0) is 61.7 Å². The SMILES string of the molecule is CC(=O)c1ccc(NC(=O)C(C)OC(=O)c2ccccc2NC(=O)c2cccs2)cc1. The molecule has 7 nitrogen and oxygen atoms in total. The van der Waals surface area contributed by atoms with E-state index in [1.165, 1.54) is 31.3 Å². The third-order valence-electron chi connectivity index (χ3n) is 4.35. The molecule has 0 saturated heterocycles. The lowest BCUT2D eigenvalue weighted by atomic mass is 10.1. The second-order valence-electron chi connectivity index (χ2n) is 6.65. The lowest BCUT2D eigenvalue weighted by Gasteiger charge is -2.15. The van der Waals surface area contributed by atoms with E-state index in [0.29, 0.717) is 21.8 Å². The predicted molar refractivity (Wildman–Crippen MR) is 119 cm³/mol. The summed E-state index contributed by atoms with van der Waals surface area (Å²) in [5, 5.41) is 7.11. The molecule has 2 aromatic carbocycles. The Morgan fingerprint density at radius 3 is 2.26 bits per heavy atom. The Hall–Kier alpha value is -3.78. The van der Waals surface area contributed by atoms with Gasteiger partial charge in [0.2, 0.25) is 0 Å². The second-order valence-corrected chi connectivity index (χ2v) is 7.60. The summed E-state index contributed by atoms with van der Waals surface area (Å²) in [4.78, 5) is 49.2. The van der Waals surface area contributed by atoms with E-state index in [9.17, 15) is 19.2 Å². The van der Waals surface area contributed by atoms with Crippen molar-refractivity contribution in [1.29, 1.82) is 0 Å². The summed E-state index contributed by atoms with van der Waals surface area (Å²) in [7, 11) is 0. The minimum absolute atomic E-state index is 0.0787. The molecule has 1 heterocycles. The van der Waals surface area contributed by atoms with Crippen LogP contribution in [0.25, 0.3) is 0 Å². The molecule has 158 valence electrons. The zero-order valence-corrected chi connectivity index (χ0v) is 17.7. The Balaban J connectivity index is 1.64. The molecule has 1 aromatic heterocycles. The Bertz CT molecular complexity index is 1110. The van der Waals surface area contributed by atoms with Gasteiger partial charge in [0.1, 0.15) is 0 Å². The first kappa shape index (κ1) is 21.9. The molecule has 0 saturated carbocycles. The van der Waals surface area contributed by atoms with Crippen molar-refractivity contribution in [3.8, 4) is 0 Å². The maximum absolute atomic E-state index is 12.6. The van der Waals surface area contributed by atoms with E-state index in [0.717, 1.165) is 0 Å². The van der Waals surface area contributed by atoms with Crippen LogP contribution in [0.5, 0.6) is 0 Å². The average Bonchev–Trinajstić information content (AvgIpc) is 3.29. The van der Waals surface area contributed by atoms with Gasteiger partial charge in [-0.25, -0.2) is 4.79 Å². The van der Waals surface area contributed by atoms with Gasteiger partial charge in [0, 0.05) is 11.3 Å². The zero-order chi connectivity index (χ0) is 22.4. The van der Waals surface area contributed by atoms with Crippen LogP contribution in [0.2, 0.25) is 0 Å². The molecule has 1 unspecified atom stereocenters. The molecule has 8 heteroatoms. The standard InChI is InChI=1S/C23H20N2O5S/c1-14(26)16-9-11-17(12-10-16)24-21(27)15(2)30-23(29)18-6-3-4-7-19(18)25-22(28)20-8-5-13-31-20/h3-13,15H,1-2H3,(H,24,27)(H,25,28). The molecule has 0 bridgehead atoms. The summed E-state index contributed by atoms with van der Waals surface area (Å²) in [6.07, 6.45) is -1.08. The van der Waals surface area contributed by atoms with Crippen LogP contribution in [-0.4, -0.2) is 29.7 Å².